The lowest BCUT2D eigenvalue weighted by molar-refractivity contribution is 0.430. The molecule has 1 aliphatic carbocycles. The molecule has 2 aromatic heterocycles. The highest BCUT2D eigenvalue weighted by Gasteiger charge is 2.21. The van der Waals surface area contributed by atoms with Crippen LogP contribution in [0.15, 0.2) is 25.0 Å². The van der Waals surface area contributed by atoms with E-state index in [2.05, 4.69) is 16.5 Å². The maximum atomic E-state index is 6.34. The molecule has 0 unspecified atom stereocenters. The molecule has 1 fully saturated rings. The highest BCUT2D eigenvalue weighted by atomic mass is 35.5. The standard InChI is InChI=1S/C15H17ClN2/c1-10(11-5-3-2-4-6-11)14-12-7-8-17-15(12)18-9-13(14)16/h7-9,11H,1-6H2,(H,17,18). The number of fused-ring (bicyclic) bond motifs is 1. The van der Waals surface area contributed by atoms with Gasteiger partial charge >= 0.3 is 0 Å². The zero-order valence-corrected chi connectivity index (χ0v) is 11.1. The number of H-pyrrole nitrogens is 1. The number of nitrogens with one attached hydrogen (secondary N) is 1. The van der Waals surface area contributed by atoms with Crippen molar-refractivity contribution in [3.05, 3.63) is 35.6 Å². The second-order valence-electron chi connectivity index (χ2n) is 5.08. The summed E-state index contributed by atoms with van der Waals surface area (Å²) in [7, 11) is 0. The monoisotopic (exact) mass is 260 g/mol. The normalized spacial score (nSPS) is 17.2. The molecule has 0 bridgehead atoms. The van der Waals surface area contributed by atoms with Crippen LogP contribution in [0, 0.1) is 5.92 Å². The molecular weight excluding hydrogens is 244 g/mol. The maximum Gasteiger partial charge on any atom is 0.137 e. The molecule has 1 N–H and O–H groups in total. The van der Waals surface area contributed by atoms with Crippen LogP contribution in [-0.4, -0.2) is 9.97 Å². The van der Waals surface area contributed by atoms with Gasteiger partial charge in [-0.05, 0) is 30.4 Å². The third-order valence-electron chi connectivity index (χ3n) is 3.96. The lowest BCUT2D eigenvalue weighted by Crippen LogP contribution is -2.08. The van der Waals surface area contributed by atoms with Crippen molar-refractivity contribution in [2.75, 3.05) is 0 Å². The van der Waals surface area contributed by atoms with Gasteiger partial charge in [-0.2, -0.15) is 0 Å². The Labute approximate surface area is 112 Å². The van der Waals surface area contributed by atoms with Crippen molar-refractivity contribution in [2.24, 2.45) is 5.92 Å². The molecule has 2 heterocycles. The van der Waals surface area contributed by atoms with E-state index in [0.717, 1.165) is 21.6 Å². The molecule has 2 nitrogen and oxygen atoms in total. The Hall–Kier alpha value is -1.28. The van der Waals surface area contributed by atoms with Crippen molar-refractivity contribution in [1.29, 1.82) is 0 Å². The van der Waals surface area contributed by atoms with E-state index in [9.17, 15) is 0 Å². The summed E-state index contributed by atoms with van der Waals surface area (Å²) >= 11 is 6.34. The molecule has 0 amide bonds. The second-order valence-corrected chi connectivity index (χ2v) is 5.49. The van der Waals surface area contributed by atoms with Crippen LogP contribution < -0.4 is 0 Å². The Bertz CT molecular complexity index is 579. The van der Waals surface area contributed by atoms with Crippen LogP contribution in [0.2, 0.25) is 5.02 Å². The minimum atomic E-state index is 0.580. The van der Waals surface area contributed by atoms with Crippen molar-refractivity contribution in [3.63, 3.8) is 0 Å². The summed E-state index contributed by atoms with van der Waals surface area (Å²) in [5.41, 5.74) is 3.17. The third kappa shape index (κ3) is 1.95. The number of hydrogen-bond donors (Lipinski definition) is 1. The van der Waals surface area contributed by atoms with Crippen LogP contribution in [0.1, 0.15) is 37.7 Å². The van der Waals surface area contributed by atoms with Crippen LogP contribution in [0.3, 0.4) is 0 Å². The molecule has 0 radical (unpaired) electrons. The van der Waals surface area contributed by atoms with Gasteiger partial charge in [-0.3, -0.25) is 0 Å². The SMILES string of the molecule is C=C(c1c(Cl)cnc2[nH]ccc12)C1CCCCC1. The Morgan fingerprint density at radius 2 is 2.11 bits per heavy atom. The minimum Gasteiger partial charge on any atom is -0.346 e. The number of nitrogens with zero attached hydrogens (tertiary/aromatic N) is 1. The van der Waals surface area contributed by atoms with Crippen molar-refractivity contribution < 1.29 is 0 Å². The number of rotatable bonds is 2. The van der Waals surface area contributed by atoms with Crippen LogP contribution >= 0.6 is 11.6 Å². The van der Waals surface area contributed by atoms with Crippen LogP contribution in [0.4, 0.5) is 0 Å². The first-order chi connectivity index (χ1) is 8.77. The van der Waals surface area contributed by atoms with E-state index in [1.807, 2.05) is 12.3 Å². The first kappa shape index (κ1) is 11.8. The zero-order valence-electron chi connectivity index (χ0n) is 10.4. The third-order valence-corrected chi connectivity index (χ3v) is 4.25. The van der Waals surface area contributed by atoms with Crippen LogP contribution in [0.25, 0.3) is 16.6 Å². The van der Waals surface area contributed by atoms with Crippen molar-refractivity contribution in [3.8, 4) is 0 Å². The molecule has 3 rings (SSSR count). The van der Waals surface area contributed by atoms with E-state index in [4.69, 9.17) is 11.6 Å². The molecular formula is C15H17ClN2. The van der Waals surface area contributed by atoms with Gasteiger partial charge in [0.05, 0.1) is 5.02 Å². The Balaban J connectivity index is 2.04. The van der Waals surface area contributed by atoms with Gasteiger partial charge in [-0.15, -0.1) is 0 Å². The summed E-state index contributed by atoms with van der Waals surface area (Å²) in [4.78, 5) is 7.43. The molecule has 0 atom stereocenters. The van der Waals surface area contributed by atoms with Gasteiger partial charge in [0.15, 0.2) is 0 Å². The van der Waals surface area contributed by atoms with Gasteiger partial charge in [-0.1, -0.05) is 37.4 Å². The Morgan fingerprint density at radius 1 is 1.33 bits per heavy atom. The van der Waals surface area contributed by atoms with E-state index >= 15 is 0 Å². The average Bonchev–Trinajstić information content (AvgIpc) is 2.87. The number of allylic oxidation sites excluding steroid dienone is 1. The minimum absolute atomic E-state index is 0.580. The summed E-state index contributed by atoms with van der Waals surface area (Å²) in [5, 5.41) is 1.82. The van der Waals surface area contributed by atoms with Crippen molar-refractivity contribution in [1.82, 2.24) is 9.97 Å². The molecule has 0 aliphatic heterocycles. The first-order valence-corrected chi connectivity index (χ1v) is 6.96. The summed E-state index contributed by atoms with van der Waals surface area (Å²) in [5.74, 6) is 0.580. The predicted molar refractivity (Wildman–Crippen MR) is 76.7 cm³/mol. The summed E-state index contributed by atoms with van der Waals surface area (Å²) in [6, 6.07) is 2.04. The van der Waals surface area contributed by atoms with Crippen molar-refractivity contribution in [2.45, 2.75) is 32.1 Å². The number of aromatic nitrogens is 2. The summed E-state index contributed by atoms with van der Waals surface area (Å²) in [6.07, 6.45) is 10.1. The zero-order chi connectivity index (χ0) is 12.5. The quantitative estimate of drug-likeness (QED) is 0.825. The fourth-order valence-corrected chi connectivity index (χ4v) is 3.24. The summed E-state index contributed by atoms with van der Waals surface area (Å²) in [6.45, 7) is 4.31. The van der Waals surface area contributed by atoms with E-state index in [-0.39, 0.29) is 0 Å². The fraction of sp³-hybridized carbons (Fsp3) is 0.400. The van der Waals surface area contributed by atoms with Crippen molar-refractivity contribution >= 4 is 28.2 Å². The molecule has 2 aromatic rings. The molecule has 18 heavy (non-hydrogen) atoms. The van der Waals surface area contributed by atoms with Crippen LogP contribution in [-0.2, 0) is 0 Å². The Kier molecular flexibility index (Phi) is 3.13. The topological polar surface area (TPSA) is 28.7 Å². The van der Waals surface area contributed by atoms with Gasteiger partial charge in [0.1, 0.15) is 5.65 Å². The van der Waals surface area contributed by atoms with Gasteiger partial charge in [0.25, 0.3) is 0 Å². The second kappa shape index (κ2) is 4.77. The molecule has 94 valence electrons. The van der Waals surface area contributed by atoms with E-state index < -0.39 is 0 Å². The molecule has 0 spiro atoms. The van der Waals surface area contributed by atoms with E-state index in [1.165, 1.54) is 37.7 Å². The van der Waals surface area contributed by atoms with Crippen LogP contribution in [0.5, 0.6) is 0 Å². The summed E-state index contributed by atoms with van der Waals surface area (Å²) < 4.78 is 0. The smallest absolute Gasteiger partial charge is 0.137 e. The highest BCUT2D eigenvalue weighted by Crippen LogP contribution is 2.39. The number of hydrogen-bond acceptors (Lipinski definition) is 1. The average molecular weight is 261 g/mol. The first-order valence-electron chi connectivity index (χ1n) is 6.58. The molecule has 0 aromatic carbocycles. The van der Waals surface area contributed by atoms with Gasteiger partial charge in [0.2, 0.25) is 0 Å². The van der Waals surface area contributed by atoms with E-state index in [1.54, 1.807) is 6.20 Å². The molecule has 1 aliphatic rings. The Morgan fingerprint density at radius 3 is 2.89 bits per heavy atom. The highest BCUT2D eigenvalue weighted by molar-refractivity contribution is 6.33. The largest absolute Gasteiger partial charge is 0.346 e. The lowest BCUT2D eigenvalue weighted by Gasteiger charge is -2.24. The maximum absolute atomic E-state index is 6.34. The number of aromatic amines is 1. The molecule has 1 saturated carbocycles. The predicted octanol–water partition coefficient (Wildman–Crippen LogP) is 4.81. The molecule has 0 saturated heterocycles. The fourth-order valence-electron chi connectivity index (χ4n) is 2.97. The number of halogens is 1. The molecule has 3 heteroatoms. The van der Waals surface area contributed by atoms with E-state index in [0.29, 0.717) is 5.92 Å². The lowest BCUT2D eigenvalue weighted by atomic mass is 9.81. The van der Waals surface area contributed by atoms with Gasteiger partial charge in [0, 0.05) is 23.3 Å². The van der Waals surface area contributed by atoms with Gasteiger partial charge in [-0.25, -0.2) is 4.98 Å². The number of pyridine rings is 1. The van der Waals surface area contributed by atoms with Gasteiger partial charge < -0.3 is 4.98 Å².